The first-order chi connectivity index (χ1) is 4.04. The highest BCUT2D eigenvalue weighted by Gasteiger charge is 2.12. The van der Waals surface area contributed by atoms with Crippen LogP contribution in [0.25, 0.3) is 0 Å². The molecule has 0 aromatic heterocycles. The fourth-order valence-electron chi connectivity index (χ4n) is 0.291. The molecule has 0 saturated carbocycles. The summed E-state index contributed by atoms with van der Waals surface area (Å²) in [4.78, 5) is 20.0. The quantitative estimate of drug-likeness (QED) is 0.402. The fourth-order valence-corrected chi connectivity index (χ4v) is 0.291. The largest absolute Gasteiger partial charge is 0.383 e. The average molecular weight is 132 g/mol. The Bertz CT molecular complexity index is 134. The van der Waals surface area contributed by atoms with Crippen molar-refractivity contribution in [3.63, 3.8) is 0 Å². The monoisotopic (exact) mass is 132 g/mol. The van der Waals surface area contributed by atoms with Gasteiger partial charge in [-0.25, -0.2) is 0 Å². The molecule has 0 saturated heterocycles. The topological polar surface area (TPSA) is 106 Å². The van der Waals surface area contributed by atoms with Crippen LogP contribution in [-0.2, 0) is 9.59 Å². The zero-order chi connectivity index (χ0) is 7.44. The summed E-state index contributed by atoms with van der Waals surface area (Å²) in [6, 6.07) is 0. The summed E-state index contributed by atoms with van der Waals surface area (Å²) in [6.07, 6.45) is -1.85. The number of primary amides is 2. The van der Waals surface area contributed by atoms with E-state index < -0.39 is 24.3 Å². The number of rotatable bonds is 3. The molecular weight excluding hydrogens is 124 g/mol. The van der Waals surface area contributed by atoms with Crippen LogP contribution in [0.3, 0.4) is 0 Å². The Morgan fingerprint density at radius 2 is 1.89 bits per heavy atom. The highest BCUT2D eigenvalue weighted by atomic mass is 16.3. The predicted molar refractivity (Wildman–Crippen MR) is 29.0 cm³/mol. The van der Waals surface area contributed by atoms with Crippen LogP contribution in [0, 0.1) is 0 Å². The Balaban J connectivity index is 3.63. The van der Waals surface area contributed by atoms with Crippen molar-refractivity contribution in [3.05, 3.63) is 0 Å². The number of aliphatic hydroxyl groups excluding tert-OH is 1. The maximum Gasteiger partial charge on any atom is 0.246 e. The molecule has 0 aliphatic rings. The molecule has 0 aromatic rings. The van der Waals surface area contributed by atoms with Gasteiger partial charge in [0.25, 0.3) is 0 Å². The van der Waals surface area contributed by atoms with Gasteiger partial charge in [-0.05, 0) is 0 Å². The predicted octanol–water partition coefficient (Wildman–Crippen LogP) is -2.29. The Hall–Kier alpha value is -1.10. The lowest BCUT2D eigenvalue weighted by atomic mass is 10.2. The third-order valence-corrected chi connectivity index (χ3v) is 0.723. The zero-order valence-corrected chi connectivity index (χ0v) is 4.70. The first-order valence-corrected chi connectivity index (χ1v) is 2.29. The number of hydrogen-bond donors (Lipinski definition) is 3. The SMILES string of the molecule is NC(=O)C[C@H](O)C(N)=O. The molecule has 0 spiro atoms. The Morgan fingerprint density at radius 3 is 2.00 bits per heavy atom. The van der Waals surface area contributed by atoms with E-state index >= 15 is 0 Å². The lowest BCUT2D eigenvalue weighted by molar-refractivity contribution is -0.131. The van der Waals surface area contributed by atoms with E-state index in [4.69, 9.17) is 5.11 Å². The van der Waals surface area contributed by atoms with Crippen LogP contribution < -0.4 is 11.5 Å². The fraction of sp³-hybridized carbons (Fsp3) is 0.500. The molecule has 5 N–H and O–H groups in total. The van der Waals surface area contributed by atoms with Gasteiger partial charge in [0, 0.05) is 0 Å². The second-order valence-corrected chi connectivity index (χ2v) is 1.59. The molecule has 2 amide bonds. The van der Waals surface area contributed by atoms with Crippen molar-refractivity contribution in [1.82, 2.24) is 0 Å². The molecule has 52 valence electrons. The second-order valence-electron chi connectivity index (χ2n) is 1.59. The lowest BCUT2D eigenvalue weighted by Gasteiger charge is -2.00. The van der Waals surface area contributed by atoms with Crippen LogP contribution in [0.4, 0.5) is 0 Å². The van der Waals surface area contributed by atoms with E-state index in [0.29, 0.717) is 0 Å². The standard InChI is InChI=1S/C4H8N2O3/c5-3(8)1-2(7)4(6)9/h2,7H,1H2,(H2,5,8)(H2,6,9)/t2-/m0/s1. The van der Waals surface area contributed by atoms with Gasteiger partial charge in [-0.15, -0.1) is 0 Å². The molecule has 0 heterocycles. The van der Waals surface area contributed by atoms with Crippen LogP contribution in [0.2, 0.25) is 0 Å². The van der Waals surface area contributed by atoms with E-state index in [1.165, 1.54) is 0 Å². The van der Waals surface area contributed by atoms with E-state index in [2.05, 4.69) is 11.5 Å². The van der Waals surface area contributed by atoms with E-state index in [1.54, 1.807) is 0 Å². The minimum atomic E-state index is -1.44. The first kappa shape index (κ1) is 7.90. The number of carbonyl (C=O) groups is 2. The van der Waals surface area contributed by atoms with Gasteiger partial charge in [0.1, 0.15) is 6.10 Å². The average Bonchev–Trinajstić information content (AvgIpc) is 1.63. The number of amides is 2. The molecule has 0 bridgehead atoms. The minimum Gasteiger partial charge on any atom is -0.383 e. The van der Waals surface area contributed by atoms with Gasteiger partial charge in [-0.3, -0.25) is 9.59 Å². The highest BCUT2D eigenvalue weighted by molar-refractivity contribution is 5.85. The molecule has 9 heavy (non-hydrogen) atoms. The van der Waals surface area contributed by atoms with Crippen LogP contribution >= 0.6 is 0 Å². The molecule has 5 nitrogen and oxygen atoms in total. The van der Waals surface area contributed by atoms with E-state index in [0.717, 1.165) is 0 Å². The summed E-state index contributed by atoms with van der Waals surface area (Å²) in [5.41, 5.74) is 9.21. The summed E-state index contributed by atoms with van der Waals surface area (Å²) < 4.78 is 0. The summed E-state index contributed by atoms with van der Waals surface area (Å²) in [5.74, 6) is -1.69. The van der Waals surface area contributed by atoms with Crippen molar-refractivity contribution in [2.75, 3.05) is 0 Å². The summed E-state index contributed by atoms with van der Waals surface area (Å²) in [7, 11) is 0. The Kier molecular flexibility index (Phi) is 2.66. The molecule has 0 rings (SSSR count). The van der Waals surface area contributed by atoms with Crippen molar-refractivity contribution in [3.8, 4) is 0 Å². The van der Waals surface area contributed by atoms with Crippen LogP contribution in [0.5, 0.6) is 0 Å². The van der Waals surface area contributed by atoms with E-state index in [9.17, 15) is 9.59 Å². The number of nitrogens with two attached hydrogens (primary N) is 2. The lowest BCUT2D eigenvalue weighted by Crippen LogP contribution is -2.32. The maximum atomic E-state index is 10.00. The number of hydrogen-bond acceptors (Lipinski definition) is 3. The van der Waals surface area contributed by atoms with Crippen LogP contribution in [0.15, 0.2) is 0 Å². The highest BCUT2D eigenvalue weighted by Crippen LogP contribution is 1.86. The van der Waals surface area contributed by atoms with Gasteiger partial charge < -0.3 is 16.6 Å². The van der Waals surface area contributed by atoms with E-state index in [-0.39, 0.29) is 0 Å². The molecule has 0 radical (unpaired) electrons. The molecule has 0 aliphatic carbocycles. The normalized spacial score (nSPS) is 12.6. The molecule has 0 aliphatic heterocycles. The van der Waals surface area contributed by atoms with Crippen molar-refractivity contribution in [2.45, 2.75) is 12.5 Å². The smallest absolute Gasteiger partial charge is 0.246 e. The van der Waals surface area contributed by atoms with E-state index in [1.807, 2.05) is 0 Å². The van der Waals surface area contributed by atoms with Crippen molar-refractivity contribution in [1.29, 1.82) is 0 Å². The Labute approximate surface area is 51.6 Å². The summed E-state index contributed by atoms with van der Waals surface area (Å²) >= 11 is 0. The molecule has 0 unspecified atom stereocenters. The number of aliphatic hydroxyl groups is 1. The van der Waals surface area contributed by atoms with Crippen molar-refractivity contribution < 1.29 is 14.7 Å². The Morgan fingerprint density at radius 1 is 1.44 bits per heavy atom. The molecule has 5 heteroatoms. The van der Waals surface area contributed by atoms with Gasteiger partial charge in [0.05, 0.1) is 6.42 Å². The maximum absolute atomic E-state index is 10.00. The molecular formula is C4H8N2O3. The number of carbonyl (C=O) groups excluding carboxylic acids is 2. The van der Waals surface area contributed by atoms with Gasteiger partial charge >= 0.3 is 0 Å². The van der Waals surface area contributed by atoms with Crippen LogP contribution in [0.1, 0.15) is 6.42 Å². The van der Waals surface area contributed by atoms with Gasteiger partial charge in [-0.2, -0.15) is 0 Å². The third-order valence-electron chi connectivity index (χ3n) is 0.723. The molecule has 1 atom stereocenters. The summed E-state index contributed by atoms with van der Waals surface area (Å²) in [5, 5.41) is 8.52. The summed E-state index contributed by atoms with van der Waals surface area (Å²) in [6.45, 7) is 0. The van der Waals surface area contributed by atoms with Crippen molar-refractivity contribution >= 4 is 11.8 Å². The van der Waals surface area contributed by atoms with Crippen LogP contribution in [-0.4, -0.2) is 23.0 Å². The van der Waals surface area contributed by atoms with Gasteiger partial charge in [0.2, 0.25) is 11.8 Å². The third kappa shape index (κ3) is 3.48. The first-order valence-electron chi connectivity index (χ1n) is 2.29. The molecule has 0 aromatic carbocycles. The van der Waals surface area contributed by atoms with Gasteiger partial charge in [-0.1, -0.05) is 0 Å². The zero-order valence-electron chi connectivity index (χ0n) is 4.70. The van der Waals surface area contributed by atoms with Crippen molar-refractivity contribution in [2.24, 2.45) is 11.5 Å². The minimum absolute atomic E-state index is 0.407. The second kappa shape index (κ2) is 3.03. The molecule has 0 fully saturated rings. The van der Waals surface area contributed by atoms with Gasteiger partial charge in [0.15, 0.2) is 0 Å².